The Morgan fingerprint density at radius 3 is 2.95 bits per heavy atom. The molecule has 3 aromatic rings. The van der Waals surface area contributed by atoms with Crippen molar-refractivity contribution in [1.82, 2.24) is 20.0 Å². The maximum absolute atomic E-state index is 9.85. The van der Waals surface area contributed by atoms with E-state index < -0.39 is 5.60 Å². The molecule has 0 spiro atoms. The van der Waals surface area contributed by atoms with Gasteiger partial charge in [0.15, 0.2) is 0 Å². The molecule has 6 nitrogen and oxygen atoms in total. The van der Waals surface area contributed by atoms with E-state index in [0.29, 0.717) is 18.1 Å². The summed E-state index contributed by atoms with van der Waals surface area (Å²) in [5, 5.41) is 19.8. The molecule has 0 amide bonds. The molecule has 0 aliphatic carbocycles. The molecule has 0 aromatic carbocycles. The Labute approximate surface area is 119 Å². The topological polar surface area (TPSA) is 77.0 Å². The van der Waals surface area contributed by atoms with Crippen molar-refractivity contribution in [2.24, 2.45) is 0 Å². The lowest BCUT2D eigenvalue weighted by molar-refractivity contribution is 0.0737. The van der Waals surface area contributed by atoms with E-state index in [-0.39, 0.29) is 0 Å². The number of aliphatic hydroxyl groups is 1. The highest BCUT2D eigenvalue weighted by molar-refractivity contribution is 7.13. The second kappa shape index (κ2) is 4.84. The van der Waals surface area contributed by atoms with E-state index in [4.69, 9.17) is 4.42 Å². The number of nitrogens with zero attached hydrogens (tertiary/aromatic N) is 4. The third kappa shape index (κ3) is 2.63. The summed E-state index contributed by atoms with van der Waals surface area (Å²) in [5.41, 5.74) is 0.296. The number of thiophene rings is 1. The standard InChI is InChI=1S/C13H14N4O2S/c1-13(2,18)11-7-17(16-15-11)6-9-8-19-12(14-9)10-4-3-5-20-10/h3-5,7-8,18H,6H2,1-2H3. The maximum atomic E-state index is 9.85. The highest BCUT2D eigenvalue weighted by Gasteiger charge is 2.20. The van der Waals surface area contributed by atoms with E-state index in [0.717, 1.165) is 10.6 Å². The van der Waals surface area contributed by atoms with Gasteiger partial charge in [0.25, 0.3) is 0 Å². The Bertz CT molecular complexity index is 694. The van der Waals surface area contributed by atoms with Gasteiger partial charge in [-0.25, -0.2) is 9.67 Å². The number of rotatable bonds is 4. The normalized spacial score (nSPS) is 11.9. The van der Waals surface area contributed by atoms with Crippen LogP contribution in [0.3, 0.4) is 0 Å². The number of aromatic nitrogens is 4. The Morgan fingerprint density at radius 2 is 2.30 bits per heavy atom. The van der Waals surface area contributed by atoms with Crippen molar-refractivity contribution < 1.29 is 9.52 Å². The van der Waals surface area contributed by atoms with E-state index in [9.17, 15) is 5.11 Å². The van der Waals surface area contributed by atoms with E-state index in [1.54, 1.807) is 42.3 Å². The Kier molecular flexibility index (Phi) is 3.15. The van der Waals surface area contributed by atoms with Gasteiger partial charge < -0.3 is 9.52 Å². The molecule has 7 heteroatoms. The van der Waals surface area contributed by atoms with Gasteiger partial charge in [0.05, 0.1) is 17.6 Å². The predicted octanol–water partition coefficient (Wildman–Crippen LogP) is 2.27. The molecule has 20 heavy (non-hydrogen) atoms. The van der Waals surface area contributed by atoms with Crippen LogP contribution in [0.15, 0.2) is 34.4 Å². The zero-order valence-electron chi connectivity index (χ0n) is 11.1. The predicted molar refractivity (Wildman–Crippen MR) is 74.2 cm³/mol. The largest absolute Gasteiger partial charge is 0.443 e. The molecule has 0 unspecified atom stereocenters. The van der Waals surface area contributed by atoms with Crippen molar-refractivity contribution in [1.29, 1.82) is 0 Å². The van der Waals surface area contributed by atoms with E-state index in [2.05, 4.69) is 15.3 Å². The first kappa shape index (κ1) is 13.0. The fourth-order valence-electron chi connectivity index (χ4n) is 1.72. The number of oxazole rings is 1. The fraction of sp³-hybridized carbons (Fsp3) is 0.308. The Balaban J connectivity index is 1.77. The third-order valence-corrected chi connectivity index (χ3v) is 3.63. The van der Waals surface area contributed by atoms with Crippen molar-refractivity contribution in [3.8, 4) is 10.8 Å². The van der Waals surface area contributed by atoms with Crippen LogP contribution in [0.2, 0.25) is 0 Å². The molecule has 0 fully saturated rings. The van der Waals surface area contributed by atoms with Crippen LogP contribution in [0.4, 0.5) is 0 Å². The van der Waals surface area contributed by atoms with E-state index >= 15 is 0 Å². The van der Waals surface area contributed by atoms with Crippen molar-refractivity contribution in [2.45, 2.75) is 26.0 Å². The maximum Gasteiger partial charge on any atom is 0.236 e. The van der Waals surface area contributed by atoms with E-state index in [1.165, 1.54) is 0 Å². The molecular weight excluding hydrogens is 276 g/mol. The molecule has 0 aliphatic rings. The minimum Gasteiger partial charge on any atom is -0.443 e. The number of hydrogen-bond donors (Lipinski definition) is 1. The van der Waals surface area contributed by atoms with Gasteiger partial charge in [-0.15, -0.1) is 16.4 Å². The first-order chi connectivity index (χ1) is 9.52. The zero-order chi connectivity index (χ0) is 14.2. The van der Waals surface area contributed by atoms with Gasteiger partial charge in [0.1, 0.15) is 23.3 Å². The summed E-state index contributed by atoms with van der Waals surface area (Å²) in [5.74, 6) is 0.609. The van der Waals surface area contributed by atoms with Crippen molar-refractivity contribution in [2.75, 3.05) is 0 Å². The molecule has 0 bridgehead atoms. The fourth-order valence-corrected chi connectivity index (χ4v) is 2.37. The van der Waals surface area contributed by atoms with Crippen LogP contribution in [-0.2, 0) is 12.1 Å². The lowest BCUT2D eigenvalue weighted by Gasteiger charge is -2.11. The highest BCUT2D eigenvalue weighted by Crippen LogP contribution is 2.24. The molecular formula is C13H14N4O2S. The summed E-state index contributed by atoms with van der Waals surface area (Å²) in [7, 11) is 0. The third-order valence-electron chi connectivity index (χ3n) is 2.77. The van der Waals surface area contributed by atoms with Gasteiger partial charge in [-0.1, -0.05) is 11.3 Å². The van der Waals surface area contributed by atoms with Crippen LogP contribution in [0.5, 0.6) is 0 Å². The van der Waals surface area contributed by atoms with Gasteiger partial charge in [0, 0.05) is 0 Å². The summed E-state index contributed by atoms with van der Waals surface area (Å²) < 4.78 is 7.07. The second-order valence-electron chi connectivity index (χ2n) is 4.98. The average molecular weight is 290 g/mol. The summed E-state index contributed by atoms with van der Waals surface area (Å²) >= 11 is 1.58. The summed E-state index contributed by atoms with van der Waals surface area (Å²) in [6.07, 6.45) is 3.32. The Hall–Kier alpha value is -1.99. The van der Waals surface area contributed by atoms with Gasteiger partial charge in [0.2, 0.25) is 5.89 Å². The van der Waals surface area contributed by atoms with Crippen LogP contribution in [0, 0.1) is 0 Å². The minimum absolute atomic E-state index is 0.456. The molecule has 0 saturated heterocycles. The van der Waals surface area contributed by atoms with Crippen LogP contribution >= 0.6 is 11.3 Å². The van der Waals surface area contributed by atoms with Gasteiger partial charge in [-0.2, -0.15) is 0 Å². The lowest BCUT2D eigenvalue weighted by atomic mass is 10.1. The smallest absolute Gasteiger partial charge is 0.236 e. The summed E-state index contributed by atoms with van der Waals surface area (Å²) in [4.78, 5) is 5.40. The van der Waals surface area contributed by atoms with Crippen LogP contribution in [-0.4, -0.2) is 25.1 Å². The van der Waals surface area contributed by atoms with Crippen molar-refractivity contribution in [3.63, 3.8) is 0 Å². The minimum atomic E-state index is -0.996. The van der Waals surface area contributed by atoms with Crippen LogP contribution < -0.4 is 0 Å². The van der Waals surface area contributed by atoms with Gasteiger partial charge in [-0.05, 0) is 25.3 Å². The molecule has 0 saturated carbocycles. The SMILES string of the molecule is CC(C)(O)c1cn(Cc2coc(-c3cccs3)n2)nn1. The summed E-state index contributed by atoms with van der Waals surface area (Å²) in [6.45, 7) is 3.80. The number of hydrogen-bond acceptors (Lipinski definition) is 6. The molecule has 3 aromatic heterocycles. The van der Waals surface area contributed by atoms with Gasteiger partial charge in [-0.3, -0.25) is 0 Å². The summed E-state index contributed by atoms with van der Waals surface area (Å²) in [6, 6.07) is 3.92. The molecule has 0 atom stereocenters. The molecule has 3 heterocycles. The van der Waals surface area contributed by atoms with Gasteiger partial charge >= 0.3 is 0 Å². The average Bonchev–Trinajstić information content (AvgIpc) is 3.08. The molecule has 0 aliphatic heterocycles. The molecule has 1 N–H and O–H groups in total. The monoisotopic (exact) mass is 290 g/mol. The first-order valence-electron chi connectivity index (χ1n) is 6.13. The van der Waals surface area contributed by atoms with Crippen LogP contribution in [0.1, 0.15) is 25.2 Å². The highest BCUT2D eigenvalue weighted by atomic mass is 32.1. The quantitative estimate of drug-likeness (QED) is 0.797. The zero-order valence-corrected chi connectivity index (χ0v) is 12.0. The lowest BCUT2D eigenvalue weighted by Crippen LogP contribution is -2.15. The van der Waals surface area contributed by atoms with Crippen molar-refractivity contribution in [3.05, 3.63) is 41.4 Å². The molecule has 3 rings (SSSR count). The molecule has 0 radical (unpaired) electrons. The Morgan fingerprint density at radius 1 is 1.45 bits per heavy atom. The first-order valence-corrected chi connectivity index (χ1v) is 7.01. The molecule has 104 valence electrons. The van der Waals surface area contributed by atoms with Crippen LogP contribution in [0.25, 0.3) is 10.8 Å². The van der Waals surface area contributed by atoms with E-state index in [1.807, 2.05) is 17.5 Å². The second-order valence-corrected chi connectivity index (χ2v) is 5.93. The van der Waals surface area contributed by atoms with Crippen molar-refractivity contribution >= 4 is 11.3 Å².